The number of amides is 1. The van der Waals surface area contributed by atoms with E-state index in [1.807, 2.05) is 5.43 Å². The monoisotopic (exact) mass is 224 g/mol. The van der Waals surface area contributed by atoms with Crippen molar-refractivity contribution >= 4 is 34.1 Å². The van der Waals surface area contributed by atoms with Crippen LogP contribution in [-0.4, -0.2) is 10.9 Å². The Morgan fingerprint density at radius 1 is 1.47 bits per heavy atom. The van der Waals surface area contributed by atoms with Gasteiger partial charge in [0.1, 0.15) is 5.69 Å². The quantitative estimate of drug-likeness (QED) is 0.331. The zero-order chi connectivity index (χ0) is 11.0. The Hall–Kier alpha value is -1.72. The van der Waals surface area contributed by atoms with Crippen LogP contribution in [0.25, 0.3) is 10.9 Å². The predicted octanol–water partition coefficient (Wildman–Crippen LogP) is 1.01. The SMILES string of the molecule is NNC(=O)c1[nH]c2ccc(Cl)cc2c1N. The number of H-pyrrole nitrogens is 1. The third-order valence-electron chi connectivity index (χ3n) is 2.16. The Kier molecular flexibility index (Phi) is 2.26. The molecular weight excluding hydrogens is 216 g/mol. The number of carbonyl (C=O) groups excluding carboxylic acids is 1. The average Bonchev–Trinajstić information content (AvgIpc) is 2.55. The summed E-state index contributed by atoms with van der Waals surface area (Å²) in [6.07, 6.45) is 0. The Morgan fingerprint density at radius 3 is 2.87 bits per heavy atom. The fraction of sp³-hybridized carbons (Fsp3) is 0. The first-order valence-corrected chi connectivity index (χ1v) is 4.59. The first kappa shape index (κ1) is 9.82. The van der Waals surface area contributed by atoms with Gasteiger partial charge in [0.2, 0.25) is 0 Å². The Morgan fingerprint density at radius 2 is 2.20 bits per heavy atom. The van der Waals surface area contributed by atoms with Crippen molar-refractivity contribution in [2.45, 2.75) is 0 Å². The summed E-state index contributed by atoms with van der Waals surface area (Å²) in [6.45, 7) is 0. The number of fused-ring (bicyclic) bond motifs is 1. The molecular formula is C9H9ClN4O. The number of nitrogen functional groups attached to an aromatic ring is 2. The first-order chi connectivity index (χ1) is 7.13. The summed E-state index contributed by atoms with van der Waals surface area (Å²) in [5, 5.41) is 1.27. The zero-order valence-corrected chi connectivity index (χ0v) is 8.43. The molecule has 78 valence electrons. The molecule has 6 N–H and O–H groups in total. The van der Waals surface area contributed by atoms with E-state index in [9.17, 15) is 4.79 Å². The minimum Gasteiger partial charge on any atom is -0.396 e. The normalized spacial score (nSPS) is 10.5. The Balaban J connectivity index is 2.69. The fourth-order valence-corrected chi connectivity index (χ4v) is 1.61. The second kappa shape index (κ2) is 3.45. The van der Waals surface area contributed by atoms with Crippen molar-refractivity contribution in [3.8, 4) is 0 Å². The number of halogens is 1. The number of nitrogens with two attached hydrogens (primary N) is 2. The molecule has 0 unspecified atom stereocenters. The van der Waals surface area contributed by atoms with E-state index in [1.165, 1.54) is 0 Å². The van der Waals surface area contributed by atoms with E-state index in [1.54, 1.807) is 18.2 Å². The molecule has 1 aromatic carbocycles. The lowest BCUT2D eigenvalue weighted by Gasteiger charge is -1.96. The molecule has 0 spiro atoms. The van der Waals surface area contributed by atoms with E-state index >= 15 is 0 Å². The zero-order valence-electron chi connectivity index (χ0n) is 7.67. The molecule has 0 saturated carbocycles. The summed E-state index contributed by atoms with van der Waals surface area (Å²) >= 11 is 5.82. The third kappa shape index (κ3) is 1.51. The molecule has 0 aliphatic carbocycles. The van der Waals surface area contributed by atoms with Crippen LogP contribution in [0.3, 0.4) is 0 Å². The van der Waals surface area contributed by atoms with Gasteiger partial charge in [-0.2, -0.15) is 0 Å². The largest absolute Gasteiger partial charge is 0.396 e. The minimum absolute atomic E-state index is 0.245. The lowest BCUT2D eigenvalue weighted by Crippen LogP contribution is -2.30. The summed E-state index contributed by atoms with van der Waals surface area (Å²) in [5.74, 6) is 4.57. The van der Waals surface area contributed by atoms with Gasteiger partial charge < -0.3 is 10.7 Å². The molecule has 0 bridgehead atoms. The summed E-state index contributed by atoms with van der Waals surface area (Å²) in [7, 11) is 0. The number of aromatic amines is 1. The van der Waals surface area contributed by atoms with Crippen LogP contribution in [0.2, 0.25) is 5.02 Å². The van der Waals surface area contributed by atoms with E-state index in [4.69, 9.17) is 23.2 Å². The maximum absolute atomic E-state index is 11.3. The van der Waals surface area contributed by atoms with Gasteiger partial charge in [0.15, 0.2) is 0 Å². The molecule has 15 heavy (non-hydrogen) atoms. The van der Waals surface area contributed by atoms with Gasteiger partial charge in [-0.1, -0.05) is 11.6 Å². The van der Waals surface area contributed by atoms with Crippen LogP contribution in [0.4, 0.5) is 5.69 Å². The smallest absolute Gasteiger partial charge is 0.283 e. The highest BCUT2D eigenvalue weighted by molar-refractivity contribution is 6.31. The summed E-state index contributed by atoms with van der Waals surface area (Å²) < 4.78 is 0. The predicted molar refractivity (Wildman–Crippen MR) is 59.4 cm³/mol. The highest BCUT2D eigenvalue weighted by Crippen LogP contribution is 2.27. The number of anilines is 1. The van der Waals surface area contributed by atoms with Crippen LogP contribution in [-0.2, 0) is 0 Å². The van der Waals surface area contributed by atoms with Gasteiger partial charge in [0.05, 0.1) is 5.69 Å². The third-order valence-corrected chi connectivity index (χ3v) is 2.39. The van der Waals surface area contributed by atoms with E-state index in [-0.39, 0.29) is 5.69 Å². The van der Waals surface area contributed by atoms with Crippen molar-refractivity contribution < 1.29 is 4.79 Å². The summed E-state index contributed by atoms with van der Waals surface area (Å²) in [4.78, 5) is 14.2. The fourth-order valence-electron chi connectivity index (χ4n) is 1.44. The summed E-state index contributed by atoms with van der Waals surface area (Å²) in [6, 6.07) is 5.15. The molecule has 0 saturated heterocycles. The molecule has 0 aliphatic rings. The summed E-state index contributed by atoms with van der Waals surface area (Å²) in [5.41, 5.74) is 9.13. The number of rotatable bonds is 1. The van der Waals surface area contributed by atoms with E-state index in [0.717, 1.165) is 5.52 Å². The number of carbonyl (C=O) groups is 1. The topological polar surface area (TPSA) is 96.9 Å². The molecule has 2 aromatic rings. The van der Waals surface area contributed by atoms with Gasteiger partial charge in [-0.25, -0.2) is 5.84 Å². The van der Waals surface area contributed by atoms with Crippen LogP contribution in [0.15, 0.2) is 18.2 Å². The van der Waals surface area contributed by atoms with Crippen molar-refractivity contribution in [2.24, 2.45) is 5.84 Å². The molecule has 1 aromatic heterocycles. The van der Waals surface area contributed by atoms with Gasteiger partial charge in [0, 0.05) is 15.9 Å². The van der Waals surface area contributed by atoms with Crippen molar-refractivity contribution in [1.29, 1.82) is 0 Å². The number of hydrogen-bond acceptors (Lipinski definition) is 3. The van der Waals surface area contributed by atoms with Crippen LogP contribution in [0.1, 0.15) is 10.5 Å². The number of benzene rings is 1. The molecule has 1 amide bonds. The van der Waals surface area contributed by atoms with Crippen LogP contribution < -0.4 is 17.0 Å². The lowest BCUT2D eigenvalue weighted by atomic mass is 10.2. The second-order valence-corrected chi connectivity index (χ2v) is 3.51. The number of hydrazine groups is 1. The maximum atomic E-state index is 11.3. The highest BCUT2D eigenvalue weighted by atomic mass is 35.5. The minimum atomic E-state index is -0.458. The van der Waals surface area contributed by atoms with Crippen molar-refractivity contribution in [1.82, 2.24) is 10.4 Å². The molecule has 2 rings (SSSR count). The second-order valence-electron chi connectivity index (χ2n) is 3.08. The van der Waals surface area contributed by atoms with E-state index in [0.29, 0.717) is 16.1 Å². The van der Waals surface area contributed by atoms with Gasteiger partial charge in [-0.3, -0.25) is 10.2 Å². The van der Waals surface area contributed by atoms with Crippen molar-refractivity contribution in [2.75, 3.05) is 5.73 Å². The molecule has 1 heterocycles. The van der Waals surface area contributed by atoms with Gasteiger partial charge in [-0.15, -0.1) is 0 Å². The van der Waals surface area contributed by atoms with Crippen molar-refractivity contribution in [3.05, 3.63) is 28.9 Å². The van der Waals surface area contributed by atoms with E-state index in [2.05, 4.69) is 4.98 Å². The van der Waals surface area contributed by atoms with Gasteiger partial charge in [0.25, 0.3) is 5.91 Å². The molecule has 0 aliphatic heterocycles. The van der Waals surface area contributed by atoms with Crippen molar-refractivity contribution in [3.63, 3.8) is 0 Å². The van der Waals surface area contributed by atoms with Crippen LogP contribution >= 0.6 is 11.6 Å². The molecule has 0 atom stereocenters. The van der Waals surface area contributed by atoms with Gasteiger partial charge in [-0.05, 0) is 18.2 Å². The molecule has 0 radical (unpaired) electrons. The van der Waals surface area contributed by atoms with E-state index < -0.39 is 5.91 Å². The Bertz CT molecular complexity index is 534. The molecule has 5 nitrogen and oxygen atoms in total. The number of hydrogen-bond donors (Lipinski definition) is 4. The number of nitrogens with one attached hydrogen (secondary N) is 2. The van der Waals surface area contributed by atoms with Crippen LogP contribution in [0.5, 0.6) is 0 Å². The van der Waals surface area contributed by atoms with Crippen LogP contribution in [0, 0.1) is 0 Å². The maximum Gasteiger partial charge on any atom is 0.283 e. The first-order valence-electron chi connectivity index (χ1n) is 4.21. The Labute approximate surface area is 90.4 Å². The number of aromatic nitrogens is 1. The average molecular weight is 225 g/mol. The standard InChI is InChI=1S/C9H9ClN4O/c10-4-1-2-6-5(3-4)7(11)8(13-6)9(15)14-12/h1-3,13H,11-12H2,(H,14,15). The lowest BCUT2D eigenvalue weighted by molar-refractivity contribution is 0.0950. The molecule has 6 heteroatoms. The highest BCUT2D eigenvalue weighted by Gasteiger charge is 2.14. The molecule has 0 fully saturated rings. The van der Waals surface area contributed by atoms with Gasteiger partial charge >= 0.3 is 0 Å².